The molecule has 0 unspecified atom stereocenters. The first-order valence-electron chi connectivity index (χ1n) is 8.37. The topological polar surface area (TPSA) is 49.8 Å². The molecule has 0 radical (unpaired) electrons. The quantitative estimate of drug-likeness (QED) is 0.584. The predicted octanol–water partition coefficient (Wildman–Crippen LogP) is 4.34. The number of benzene rings is 1. The lowest BCUT2D eigenvalue weighted by Crippen LogP contribution is -2.27. The number of ether oxygens (including phenoxy) is 1. The third kappa shape index (κ3) is 6.83. The molecule has 0 atom stereocenters. The SMILES string of the molecule is CCCCCCCN(CCC(=O)O)c1ccccc1OCC. The van der Waals surface area contributed by atoms with Gasteiger partial charge in [-0.05, 0) is 25.5 Å². The van der Waals surface area contributed by atoms with Crippen LogP contribution in [0.5, 0.6) is 5.75 Å². The van der Waals surface area contributed by atoms with Crippen molar-refractivity contribution in [3.63, 3.8) is 0 Å². The standard InChI is InChI=1S/C18H29NO3/c1-3-5-6-7-10-14-19(15-13-18(20)21)16-11-8-9-12-17(16)22-4-2/h8-9,11-12H,3-7,10,13-15H2,1-2H3,(H,20,21). The molecule has 0 fully saturated rings. The smallest absolute Gasteiger partial charge is 0.305 e. The van der Waals surface area contributed by atoms with Gasteiger partial charge in [-0.25, -0.2) is 0 Å². The summed E-state index contributed by atoms with van der Waals surface area (Å²) in [5.41, 5.74) is 1.00. The summed E-state index contributed by atoms with van der Waals surface area (Å²) in [6.45, 7) is 6.18. The number of hydrogen-bond donors (Lipinski definition) is 1. The fraction of sp³-hybridized carbons (Fsp3) is 0.611. The normalized spacial score (nSPS) is 10.5. The molecule has 0 aliphatic heterocycles. The van der Waals surface area contributed by atoms with Gasteiger partial charge in [-0.2, -0.15) is 0 Å². The van der Waals surface area contributed by atoms with Gasteiger partial charge in [0.25, 0.3) is 0 Å². The van der Waals surface area contributed by atoms with Gasteiger partial charge in [0.05, 0.1) is 18.7 Å². The highest BCUT2D eigenvalue weighted by Gasteiger charge is 2.13. The molecule has 1 aromatic carbocycles. The first-order chi connectivity index (χ1) is 10.7. The van der Waals surface area contributed by atoms with Gasteiger partial charge in [-0.1, -0.05) is 44.7 Å². The number of para-hydroxylation sites is 2. The van der Waals surface area contributed by atoms with Crippen LogP contribution in [-0.2, 0) is 4.79 Å². The Hall–Kier alpha value is -1.71. The van der Waals surface area contributed by atoms with E-state index < -0.39 is 5.97 Å². The Labute approximate surface area is 134 Å². The average molecular weight is 307 g/mol. The molecule has 0 heterocycles. The highest BCUT2D eigenvalue weighted by atomic mass is 16.5. The number of aliphatic carboxylic acids is 1. The van der Waals surface area contributed by atoms with Crippen LogP contribution in [-0.4, -0.2) is 30.8 Å². The Bertz CT molecular complexity index is 434. The summed E-state index contributed by atoms with van der Waals surface area (Å²) >= 11 is 0. The fourth-order valence-corrected chi connectivity index (χ4v) is 2.49. The Morgan fingerprint density at radius 3 is 2.50 bits per heavy atom. The molecule has 0 saturated heterocycles. The molecule has 0 bridgehead atoms. The van der Waals surface area contributed by atoms with Crippen LogP contribution < -0.4 is 9.64 Å². The third-order valence-corrected chi connectivity index (χ3v) is 3.63. The second kappa shape index (κ2) is 10.9. The molecule has 0 aromatic heterocycles. The van der Waals surface area contributed by atoms with Crippen LogP contribution in [0.3, 0.4) is 0 Å². The minimum Gasteiger partial charge on any atom is -0.492 e. The number of carboxylic acid groups (broad SMARTS) is 1. The molecule has 1 aromatic rings. The van der Waals surface area contributed by atoms with Gasteiger partial charge in [0.2, 0.25) is 0 Å². The van der Waals surface area contributed by atoms with Crippen LogP contribution in [0.2, 0.25) is 0 Å². The molecule has 124 valence electrons. The predicted molar refractivity (Wildman–Crippen MR) is 90.8 cm³/mol. The van der Waals surface area contributed by atoms with Crippen molar-refractivity contribution in [3.05, 3.63) is 24.3 Å². The van der Waals surface area contributed by atoms with Crippen LogP contribution in [0.4, 0.5) is 5.69 Å². The van der Waals surface area contributed by atoms with E-state index in [1.54, 1.807) is 0 Å². The minimum atomic E-state index is -0.759. The van der Waals surface area contributed by atoms with Crippen LogP contribution in [0.1, 0.15) is 52.4 Å². The Morgan fingerprint density at radius 2 is 1.82 bits per heavy atom. The lowest BCUT2D eigenvalue weighted by molar-refractivity contribution is -0.136. The monoisotopic (exact) mass is 307 g/mol. The van der Waals surface area contributed by atoms with Gasteiger partial charge in [-0.15, -0.1) is 0 Å². The molecule has 0 aliphatic rings. The van der Waals surface area contributed by atoms with Gasteiger partial charge >= 0.3 is 5.97 Å². The van der Waals surface area contributed by atoms with E-state index in [0.29, 0.717) is 13.2 Å². The Balaban J connectivity index is 2.69. The lowest BCUT2D eigenvalue weighted by atomic mass is 10.1. The molecule has 0 saturated carbocycles. The molecule has 0 aliphatic carbocycles. The maximum absolute atomic E-state index is 10.9. The van der Waals surface area contributed by atoms with Gasteiger partial charge < -0.3 is 14.7 Å². The van der Waals surface area contributed by atoms with Crippen molar-refractivity contribution in [3.8, 4) is 5.75 Å². The first-order valence-corrected chi connectivity index (χ1v) is 8.37. The fourth-order valence-electron chi connectivity index (χ4n) is 2.49. The summed E-state index contributed by atoms with van der Waals surface area (Å²) in [7, 11) is 0. The van der Waals surface area contributed by atoms with E-state index in [0.717, 1.165) is 24.4 Å². The molecular weight excluding hydrogens is 278 g/mol. The van der Waals surface area contributed by atoms with Gasteiger partial charge in [0.1, 0.15) is 5.75 Å². The van der Waals surface area contributed by atoms with Crippen LogP contribution in [0.25, 0.3) is 0 Å². The molecule has 1 rings (SSSR count). The number of nitrogens with zero attached hydrogens (tertiary/aromatic N) is 1. The summed E-state index contributed by atoms with van der Waals surface area (Å²) in [4.78, 5) is 13.0. The summed E-state index contributed by atoms with van der Waals surface area (Å²) in [6.07, 6.45) is 6.17. The van der Waals surface area contributed by atoms with Crippen LogP contribution >= 0.6 is 0 Å². The number of hydrogen-bond acceptors (Lipinski definition) is 3. The number of carboxylic acids is 1. The van der Waals surface area contributed by atoms with E-state index in [2.05, 4.69) is 11.8 Å². The van der Waals surface area contributed by atoms with Crippen molar-refractivity contribution >= 4 is 11.7 Å². The third-order valence-electron chi connectivity index (χ3n) is 3.63. The molecule has 0 amide bonds. The molecule has 1 N–H and O–H groups in total. The van der Waals surface area contributed by atoms with E-state index in [1.165, 1.54) is 25.7 Å². The zero-order valence-corrected chi connectivity index (χ0v) is 13.9. The summed E-state index contributed by atoms with van der Waals surface area (Å²) in [6, 6.07) is 7.89. The minimum absolute atomic E-state index is 0.148. The highest BCUT2D eigenvalue weighted by Crippen LogP contribution is 2.28. The number of carbonyl (C=O) groups is 1. The Morgan fingerprint density at radius 1 is 1.09 bits per heavy atom. The van der Waals surface area contributed by atoms with E-state index in [-0.39, 0.29) is 6.42 Å². The van der Waals surface area contributed by atoms with E-state index >= 15 is 0 Å². The summed E-state index contributed by atoms with van der Waals surface area (Å²) < 4.78 is 5.68. The van der Waals surface area contributed by atoms with Gasteiger partial charge in [0.15, 0.2) is 0 Å². The van der Waals surface area contributed by atoms with Crippen molar-refractivity contribution in [2.24, 2.45) is 0 Å². The largest absolute Gasteiger partial charge is 0.492 e. The second-order valence-corrected chi connectivity index (χ2v) is 5.45. The number of unbranched alkanes of at least 4 members (excludes halogenated alkanes) is 4. The second-order valence-electron chi connectivity index (χ2n) is 5.45. The van der Waals surface area contributed by atoms with E-state index in [1.807, 2.05) is 31.2 Å². The summed E-state index contributed by atoms with van der Waals surface area (Å²) in [5.74, 6) is 0.0776. The maximum Gasteiger partial charge on any atom is 0.305 e. The number of anilines is 1. The van der Waals surface area contributed by atoms with Crippen molar-refractivity contribution in [2.75, 3.05) is 24.6 Å². The number of rotatable bonds is 12. The van der Waals surface area contributed by atoms with Crippen LogP contribution in [0.15, 0.2) is 24.3 Å². The Kier molecular flexibility index (Phi) is 9.12. The molecule has 0 spiro atoms. The van der Waals surface area contributed by atoms with Crippen molar-refractivity contribution in [1.82, 2.24) is 0 Å². The lowest BCUT2D eigenvalue weighted by Gasteiger charge is -2.26. The van der Waals surface area contributed by atoms with Gasteiger partial charge in [-0.3, -0.25) is 4.79 Å². The highest BCUT2D eigenvalue weighted by molar-refractivity contribution is 5.68. The van der Waals surface area contributed by atoms with Crippen molar-refractivity contribution in [2.45, 2.75) is 52.4 Å². The molecule has 4 heteroatoms. The average Bonchev–Trinajstić information content (AvgIpc) is 2.51. The van der Waals surface area contributed by atoms with Crippen molar-refractivity contribution < 1.29 is 14.6 Å². The zero-order chi connectivity index (χ0) is 16.2. The van der Waals surface area contributed by atoms with Crippen molar-refractivity contribution in [1.29, 1.82) is 0 Å². The van der Waals surface area contributed by atoms with E-state index in [4.69, 9.17) is 9.84 Å². The molecular formula is C18H29NO3. The molecule has 4 nitrogen and oxygen atoms in total. The van der Waals surface area contributed by atoms with Crippen LogP contribution in [0, 0.1) is 0 Å². The molecule has 22 heavy (non-hydrogen) atoms. The van der Waals surface area contributed by atoms with E-state index in [9.17, 15) is 4.79 Å². The zero-order valence-electron chi connectivity index (χ0n) is 13.9. The van der Waals surface area contributed by atoms with Gasteiger partial charge in [0, 0.05) is 13.1 Å². The maximum atomic E-state index is 10.9. The first kappa shape index (κ1) is 18.3. The summed E-state index contributed by atoms with van der Waals surface area (Å²) in [5, 5.41) is 8.97.